The van der Waals surface area contributed by atoms with Crippen LogP contribution in [-0.2, 0) is 4.74 Å². The first-order valence-electron chi connectivity index (χ1n) is 4.82. The summed E-state index contributed by atoms with van der Waals surface area (Å²) in [5, 5.41) is 9.05. The smallest absolute Gasteiger partial charge is 0.335 e. The van der Waals surface area contributed by atoms with Crippen LogP contribution in [0.5, 0.6) is 11.5 Å². The zero-order valence-electron chi connectivity index (χ0n) is 9.53. The van der Waals surface area contributed by atoms with Crippen molar-refractivity contribution in [3.05, 3.63) is 22.7 Å². The van der Waals surface area contributed by atoms with Gasteiger partial charge in [0.1, 0.15) is 6.61 Å². The number of methoxy groups -OCH3 is 2. The zero-order valence-corrected chi connectivity index (χ0v) is 10.3. The molecule has 1 aromatic carbocycles. The Morgan fingerprint density at radius 1 is 1.35 bits per heavy atom. The highest BCUT2D eigenvalue weighted by molar-refractivity contribution is 6.32. The van der Waals surface area contributed by atoms with Crippen LogP contribution in [0.2, 0.25) is 5.02 Å². The highest BCUT2D eigenvalue weighted by atomic mass is 35.5. The molecule has 6 heteroatoms. The average molecular weight is 261 g/mol. The third-order valence-electron chi connectivity index (χ3n) is 2.01. The summed E-state index contributed by atoms with van der Waals surface area (Å²) in [5.74, 6) is -0.476. The van der Waals surface area contributed by atoms with E-state index in [2.05, 4.69) is 0 Å². The lowest BCUT2D eigenvalue weighted by atomic mass is 10.2. The van der Waals surface area contributed by atoms with E-state index >= 15 is 0 Å². The molecule has 0 aliphatic carbocycles. The Morgan fingerprint density at radius 2 is 2.06 bits per heavy atom. The van der Waals surface area contributed by atoms with Crippen LogP contribution in [0.3, 0.4) is 0 Å². The van der Waals surface area contributed by atoms with Crippen LogP contribution in [0.4, 0.5) is 0 Å². The van der Waals surface area contributed by atoms with Crippen LogP contribution < -0.4 is 9.47 Å². The van der Waals surface area contributed by atoms with Crippen molar-refractivity contribution >= 4 is 17.6 Å². The van der Waals surface area contributed by atoms with E-state index in [1.165, 1.54) is 19.2 Å². The van der Waals surface area contributed by atoms with Crippen LogP contribution in [0.1, 0.15) is 10.4 Å². The first kappa shape index (κ1) is 13.6. The van der Waals surface area contributed by atoms with Crippen molar-refractivity contribution in [1.29, 1.82) is 0 Å². The summed E-state index contributed by atoms with van der Waals surface area (Å²) in [6, 6.07) is 2.67. The van der Waals surface area contributed by atoms with Crippen molar-refractivity contribution in [2.45, 2.75) is 0 Å². The number of benzene rings is 1. The molecule has 0 bridgehead atoms. The lowest BCUT2D eigenvalue weighted by Crippen LogP contribution is -2.06. The van der Waals surface area contributed by atoms with Crippen molar-refractivity contribution in [3.8, 4) is 11.5 Å². The number of ether oxygens (including phenoxy) is 3. The first-order chi connectivity index (χ1) is 8.10. The zero-order chi connectivity index (χ0) is 12.8. The largest absolute Gasteiger partial charge is 0.493 e. The molecule has 0 aliphatic heterocycles. The van der Waals surface area contributed by atoms with Gasteiger partial charge in [-0.3, -0.25) is 0 Å². The Bertz CT molecular complexity index is 405. The SMILES string of the molecule is COCCOc1c(Cl)cc(C(=O)O)cc1OC. The van der Waals surface area contributed by atoms with E-state index in [4.69, 9.17) is 30.9 Å². The second-order valence-electron chi connectivity index (χ2n) is 3.14. The molecular formula is C11H13ClO5. The minimum atomic E-state index is -1.08. The van der Waals surface area contributed by atoms with Gasteiger partial charge in [-0.25, -0.2) is 4.79 Å². The van der Waals surface area contributed by atoms with Gasteiger partial charge >= 0.3 is 5.97 Å². The molecule has 17 heavy (non-hydrogen) atoms. The van der Waals surface area contributed by atoms with Crippen molar-refractivity contribution in [3.63, 3.8) is 0 Å². The molecule has 0 saturated heterocycles. The van der Waals surface area contributed by atoms with Gasteiger partial charge in [0.2, 0.25) is 0 Å². The van der Waals surface area contributed by atoms with Gasteiger partial charge in [-0.15, -0.1) is 0 Å². The molecule has 5 nitrogen and oxygen atoms in total. The average Bonchev–Trinajstić information content (AvgIpc) is 2.30. The Labute approximate surface area is 104 Å². The minimum Gasteiger partial charge on any atom is -0.493 e. The molecule has 0 saturated carbocycles. The van der Waals surface area contributed by atoms with Gasteiger partial charge in [0, 0.05) is 7.11 Å². The molecule has 1 rings (SSSR count). The van der Waals surface area contributed by atoms with Crippen LogP contribution in [0, 0.1) is 0 Å². The van der Waals surface area contributed by atoms with Gasteiger partial charge in [-0.1, -0.05) is 11.6 Å². The fourth-order valence-corrected chi connectivity index (χ4v) is 1.48. The van der Waals surface area contributed by atoms with Gasteiger partial charge in [0.25, 0.3) is 0 Å². The van der Waals surface area contributed by atoms with Gasteiger partial charge in [0.05, 0.1) is 24.3 Å². The van der Waals surface area contributed by atoms with E-state index in [1.54, 1.807) is 7.11 Å². The fourth-order valence-electron chi connectivity index (χ4n) is 1.21. The Morgan fingerprint density at radius 3 is 2.59 bits per heavy atom. The molecule has 0 spiro atoms. The summed E-state index contributed by atoms with van der Waals surface area (Å²) in [6.07, 6.45) is 0. The molecule has 1 aromatic rings. The standard InChI is InChI=1S/C11H13ClO5/c1-15-3-4-17-10-8(12)5-7(11(13)14)6-9(10)16-2/h5-6H,3-4H2,1-2H3,(H,13,14). The van der Waals surface area contributed by atoms with Gasteiger partial charge in [-0.05, 0) is 12.1 Å². The number of halogens is 1. The normalized spacial score (nSPS) is 10.1. The molecule has 0 heterocycles. The topological polar surface area (TPSA) is 65.0 Å². The van der Waals surface area contributed by atoms with Crippen LogP contribution in [0.15, 0.2) is 12.1 Å². The minimum absolute atomic E-state index is 0.0472. The molecule has 94 valence electrons. The van der Waals surface area contributed by atoms with Crippen LogP contribution >= 0.6 is 11.6 Å². The summed E-state index contributed by atoms with van der Waals surface area (Å²) in [5.41, 5.74) is 0.0472. The molecule has 0 unspecified atom stereocenters. The van der Waals surface area contributed by atoms with E-state index < -0.39 is 5.97 Å². The first-order valence-corrected chi connectivity index (χ1v) is 5.20. The second-order valence-corrected chi connectivity index (χ2v) is 3.54. The maximum absolute atomic E-state index is 10.8. The summed E-state index contributed by atoms with van der Waals surface area (Å²) in [7, 11) is 2.97. The quantitative estimate of drug-likeness (QED) is 0.793. The second kappa shape index (κ2) is 6.32. The summed E-state index contributed by atoms with van der Waals surface area (Å²) < 4.78 is 15.2. The lowest BCUT2D eigenvalue weighted by molar-refractivity contribution is 0.0696. The van der Waals surface area contributed by atoms with Crippen molar-refractivity contribution < 1.29 is 24.1 Å². The molecule has 0 fully saturated rings. The van der Waals surface area contributed by atoms with E-state index in [1.807, 2.05) is 0 Å². The number of hydrogen-bond acceptors (Lipinski definition) is 4. The predicted octanol–water partition coefficient (Wildman–Crippen LogP) is 2.07. The molecule has 0 aliphatic rings. The Kier molecular flexibility index (Phi) is 5.06. The van der Waals surface area contributed by atoms with Crippen molar-refractivity contribution in [2.24, 2.45) is 0 Å². The maximum Gasteiger partial charge on any atom is 0.335 e. The summed E-state index contributed by atoms with van der Waals surface area (Å²) in [6.45, 7) is 0.708. The van der Waals surface area contributed by atoms with Crippen molar-refractivity contribution in [2.75, 3.05) is 27.4 Å². The van der Waals surface area contributed by atoms with E-state index in [0.29, 0.717) is 19.0 Å². The number of carbonyl (C=O) groups is 1. The lowest BCUT2D eigenvalue weighted by Gasteiger charge is -2.12. The highest BCUT2D eigenvalue weighted by Crippen LogP contribution is 2.36. The van der Waals surface area contributed by atoms with E-state index in [9.17, 15) is 4.79 Å². The number of hydrogen-bond donors (Lipinski definition) is 1. The number of carboxylic acids is 1. The van der Waals surface area contributed by atoms with Crippen LogP contribution in [0.25, 0.3) is 0 Å². The van der Waals surface area contributed by atoms with E-state index in [-0.39, 0.29) is 16.3 Å². The Balaban J connectivity index is 2.99. The van der Waals surface area contributed by atoms with Crippen molar-refractivity contribution in [1.82, 2.24) is 0 Å². The molecule has 0 aromatic heterocycles. The summed E-state index contributed by atoms with van der Waals surface area (Å²) >= 11 is 5.93. The number of aromatic carboxylic acids is 1. The third kappa shape index (κ3) is 3.51. The fraction of sp³-hybridized carbons (Fsp3) is 0.364. The third-order valence-corrected chi connectivity index (χ3v) is 2.29. The molecule has 0 amide bonds. The van der Waals surface area contributed by atoms with E-state index in [0.717, 1.165) is 0 Å². The molecular weight excluding hydrogens is 248 g/mol. The maximum atomic E-state index is 10.8. The number of rotatable bonds is 6. The monoisotopic (exact) mass is 260 g/mol. The molecule has 0 atom stereocenters. The molecule has 1 N–H and O–H groups in total. The molecule has 0 radical (unpaired) electrons. The Hall–Kier alpha value is -1.46. The number of carboxylic acid groups (broad SMARTS) is 1. The van der Waals surface area contributed by atoms with Gasteiger partial charge in [-0.2, -0.15) is 0 Å². The highest BCUT2D eigenvalue weighted by Gasteiger charge is 2.15. The van der Waals surface area contributed by atoms with Gasteiger partial charge in [0.15, 0.2) is 11.5 Å². The summed E-state index contributed by atoms with van der Waals surface area (Å²) in [4.78, 5) is 10.8. The van der Waals surface area contributed by atoms with Gasteiger partial charge < -0.3 is 19.3 Å². The predicted molar refractivity (Wildman–Crippen MR) is 62.3 cm³/mol. The van der Waals surface area contributed by atoms with Crippen LogP contribution in [-0.4, -0.2) is 38.5 Å².